The van der Waals surface area contributed by atoms with Crippen LogP contribution in [0, 0.1) is 0 Å². The van der Waals surface area contributed by atoms with Crippen LogP contribution in [-0.4, -0.2) is 4.57 Å². The molecule has 0 aliphatic heterocycles. The summed E-state index contributed by atoms with van der Waals surface area (Å²) in [6, 6.07) is 22.4. The predicted molar refractivity (Wildman–Crippen MR) is 150 cm³/mol. The molecule has 3 aromatic rings. The second kappa shape index (κ2) is 14.9. The van der Waals surface area contributed by atoms with Crippen molar-refractivity contribution in [3.8, 4) is 0 Å². The maximum absolute atomic E-state index is 2.63. The molecule has 2 aromatic carbocycles. The molecule has 0 bridgehead atoms. The van der Waals surface area contributed by atoms with Gasteiger partial charge in [0.1, 0.15) is 11.9 Å². The number of aryl methyl sites for hydroxylation is 1. The number of aromatic nitrogens is 2. The van der Waals surface area contributed by atoms with Gasteiger partial charge in [-0.3, -0.25) is 0 Å². The van der Waals surface area contributed by atoms with E-state index in [0.29, 0.717) is 12.0 Å². The quantitative estimate of drug-likeness (QED) is 0.145. The lowest BCUT2D eigenvalue weighted by molar-refractivity contribution is -0.729. The van der Waals surface area contributed by atoms with E-state index in [1.807, 2.05) is 0 Å². The molecule has 0 fully saturated rings. The zero-order valence-electron chi connectivity index (χ0n) is 22.9. The third-order valence-corrected chi connectivity index (χ3v) is 7.33. The van der Waals surface area contributed by atoms with Crippen LogP contribution in [0.1, 0.15) is 120 Å². The lowest BCUT2D eigenvalue weighted by Gasteiger charge is -2.13. The lowest BCUT2D eigenvalue weighted by Crippen LogP contribution is -2.43. The molecule has 0 saturated carbocycles. The van der Waals surface area contributed by atoms with E-state index in [-0.39, 0.29) is 0 Å². The zero-order valence-corrected chi connectivity index (χ0v) is 22.9. The minimum atomic E-state index is 0.455. The predicted octanol–water partition coefficient (Wildman–Crippen LogP) is 8.82. The van der Waals surface area contributed by atoms with Gasteiger partial charge in [0.05, 0.1) is 19.0 Å². The Morgan fingerprint density at radius 1 is 0.714 bits per heavy atom. The van der Waals surface area contributed by atoms with Gasteiger partial charge in [-0.15, -0.1) is 0 Å². The van der Waals surface area contributed by atoms with Crippen LogP contribution < -0.4 is 4.57 Å². The topological polar surface area (TPSA) is 8.81 Å². The molecule has 3 rings (SSSR count). The first-order valence-corrected chi connectivity index (χ1v) is 14.3. The Morgan fingerprint density at radius 2 is 1.29 bits per heavy atom. The first kappa shape index (κ1) is 27.2. The van der Waals surface area contributed by atoms with Gasteiger partial charge < -0.3 is 0 Å². The molecule has 35 heavy (non-hydrogen) atoms. The van der Waals surface area contributed by atoms with Gasteiger partial charge in [-0.05, 0) is 43.7 Å². The molecule has 0 N–H and O–H groups in total. The molecular formula is C33H49N2+. The van der Waals surface area contributed by atoms with Crippen LogP contribution in [0.15, 0.2) is 66.9 Å². The number of nitrogens with zero attached hydrogens (tertiary/aromatic N) is 2. The third-order valence-electron chi connectivity index (χ3n) is 7.33. The average molecular weight is 474 g/mol. The van der Waals surface area contributed by atoms with Gasteiger partial charge in [-0.1, -0.05) is 119 Å². The molecule has 2 heteroatoms. The summed E-state index contributed by atoms with van der Waals surface area (Å²) in [4.78, 5) is 0. The fourth-order valence-electron chi connectivity index (χ4n) is 5.37. The molecule has 1 aromatic heterocycles. The number of benzene rings is 2. The van der Waals surface area contributed by atoms with E-state index in [4.69, 9.17) is 0 Å². The smallest absolute Gasteiger partial charge is 0.234 e. The van der Waals surface area contributed by atoms with Crippen LogP contribution in [0.3, 0.4) is 0 Å². The summed E-state index contributed by atoms with van der Waals surface area (Å²) >= 11 is 0. The highest BCUT2D eigenvalue weighted by atomic mass is 15.2. The SMILES string of the molecule is CCCCCCCCCCCn1cc(CC(C)c2ccccc2)[n+](C(C)C)c1Cc1ccccc1. The van der Waals surface area contributed by atoms with E-state index < -0.39 is 0 Å². The number of rotatable bonds is 16. The highest BCUT2D eigenvalue weighted by Crippen LogP contribution is 2.22. The van der Waals surface area contributed by atoms with Crippen molar-refractivity contribution in [2.75, 3.05) is 0 Å². The van der Waals surface area contributed by atoms with E-state index in [0.717, 1.165) is 19.4 Å². The Balaban J connectivity index is 1.71. The van der Waals surface area contributed by atoms with Crippen LogP contribution in [0.4, 0.5) is 0 Å². The molecule has 1 heterocycles. The number of imidazole rings is 1. The first-order valence-electron chi connectivity index (χ1n) is 14.3. The van der Waals surface area contributed by atoms with Gasteiger partial charge in [-0.2, -0.15) is 0 Å². The maximum atomic E-state index is 2.63. The summed E-state index contributed by atoms with van der Waals surface area (Å²) in [6.45, 7) is 10.5. The summed E-state index contributed by atoms with van der Waals surface area (Å²) in [7, 11) is 0. The van der Waals surface area contributed by atoms with Crippen LogP contribution >= 0.6 is 0 Å². The van der Waals surface area contributed by atoms with Crippen molar-refractivity contribution in [1.29, 1.82) is 0 Å². The molecule has 1 unspecified atom stereocenters. The third kappa shape index (κ3) is 8.67. The highest BCUT2D eigenvalue weighted by molar-refractivity contribution is 5.21. The lowest BCUT2D eigenvalue weighted by atomic mass is 9.96. The van der Waals surface area contributed by atoms with Gasteiger partial charge in [0, 0.05) is 6.42 Å². The van der Waals surface area contributed by atoms with Crippen LogP contribution in [-0.2, 0) is 19.4 Å². The van der Waals surface area contributed by atoms with Crippen LogP contribution in [0.2, 0.25) is 0 Å². The number of hydrogen-bond acceptors (Lipinski definition) is 0. The Morgan fingerprint density at radius 3 is 1.89 bits per heavy atom. The van der Waals surface area contributed by atoms with E-state index in [1.165, 1.54) is 80.4 Å². The molecule has 2 nitrogen and oxygen atoms in total. The second-order valence-electron chi connectivity index (χ2n) is 10.7. The largest absolute Gasteiger partial charge is 0.261 e. The Hall–Kier alpha value is -2.35. The summed E-state index contributed by atoms with van der Waals surface area (Å²) in [5.74, 6) is 1.97. The van der Waals surface area contributed by atoms with Gasteiger partial charge >= 0.3 is 0 Å². The van der Waals surface area contributed by atoms with Gasteiger partial charge in [0.25, 0.3) is 5.82 Å². The normalized spacial score (nSPS) is 12.4. The molecular weight excluding hydrogens is 424 g/mol. The second-order valence-corrected chi connectivity index (χ2v) is 10.7. The Kier molecular flexibility index (Phi) is 11.6. The van der Waals surface area contributed by atoms with Gasteiger partial charge in [-0.25, -0.2) is 9.13 Å². The summed E-state index contributed by atoms with van der Waals surface area (Å²) in [6.07, 6.45) is 16.9. The van der Waals surface area contributed by atoms with Crippen molar-refractivity contribution in [1.82, 2.24) is 4.57 Å². The minimum Gasteiger partial charge on any atom is -0.234 e. The van der Waals surface area contributed by atoms with Crippen molar-refractivity contribution in [2.45, 2.75) is 117 Å². The molecule has 0 spiro atoms. The molecule has 1 atom stereocenters. The average Bonchev–Trinajstić information content (AvgIpc) is 3.20. The van der Waals surface area contributed by atoms with Gasteiger partial charge in [0.2, 0.25) is 0 Å². The molecule has 0 aliphatic carbocycles. The summed E-state index contributed by atoms with van der Waals surface area (Å²) in [5, 5.41) is 0. The van der Waals surface area contributed by atoms with Crippen molar-refractivity contribution >= 4 is 0 Å². The fraction of sp³-hybridized carbons (Fsp3) is 0.545. The zero-order chi connectivity index (χ0) is 24.9. The van der Waals surface area contributed by atoms with Crippen molar-refractivity contribution in [3.63, 3.8) is 0 Å². The van der Waals surface area contributed by atoms with Crippen molar-refractivity contribution in [2.24, 2.45) is 0 Å². The van der Waals surface area contributed by atoms with E-state index in [9.17, 15) is 0 Å². The number of unbranched alkanes of at least 4 members (excludes halogenated alkanes) is 8. The van der Waals surface area contributed by atoms with Crippen LogP contribution in [0.5, 0.6) is 0 Å². The number of hydrogen-bond donors (Lipinski definition) is 0. The minimum absolute atomic E-state index is 0.455. The Labute approximate surface area is 215 Å². The summed E-state index contributed by atoms with van der Waals surface area (Å²) < 4.78 is 5.21. The van der Waals surface area contributed by atoms with Gasteiger partial charge in [0.15, 0.2) is 0 Å². The molecule has 0 radical (unpaired) electrons. The molecule has 0 amide bonds. The highest BCUT2D eigenvalue weighted by Gasteiger charge is 2.26. The maximum Gasteiger partial charge on any atom is 0.261 e. The summed E-state index contributed by atoms with van der Waals surface area (Å²) in [5.41, 5.74) is 4.30. The van der Waals surface area contributed by atoms with Crippen molar-refractivity contribution < 1.29 is 4.57 Å². The Bertz CT molecular complexity index is 956. The monoisotopic (exact) mass is 473 g/mol. The van der Waals surface area contributed by atoms with E-state index >= 15 is 0 Å². The van der Waals surface area contributed by atoms with Crippen LogP contribution in [0.25, 0.3) is 0 Å². The molecule has 0 saturated heterocycles. The fourth-order valence-corrected chi connectivity index (χ4v) is 5.37. The van der Waals surface area contributed by atoms with Crippen molar-refractivity contribution in [3.05, 3.63) is 89.5 Å². The molecule has 190 valence electrons. The van der Waals surface area contributed by atoms with E-state index in [1.54, 1.807) is 0 Å². The standard InChI is InChI=1S/C33H49N2/c1-5-6-7-8-9-10-11-12-19-24-34-27-32(25-29(4)31-22-17-14-18-23-31)35(28(2)3)33(34)26-30-20-15-13-16-21-30/h13-18,20-23,27-29H,5-12,19,24-26H2,1-4H3/q+1. The molecule has 0 aliphatic rings. The first-order chi connectivity index (χ1) is 17.1. The van der Waals surface area contributed by atoms with E-state index in [2.05, 4.69) is 104 Å².